The zero-order valence-electron chi connectivity index (χ0n) is 9.87. The Morgan fingerprint density at radius 1 is 1.28 bits per heavy atom. The second-order valence-electron chi connectivity index (χ2n) is 4.16. The van der Waals surface area contributed by atoms with Crippen molar-refractivity contribution in [2.75, 3.05) is 0 Å². The SMILES string of the molecule is CC(C)c1nc(-c2cncc(Br)c2)[nH]c(=O)c1Br. The number of H-pyrrole nitrogens is 1. The maximum absolute atomic E-state index is 11.8. The van der Waals surface area contributed by atoms with Crippen LogP contribution in [0.25, 0.3) is 11.4 Å². The summed E-state index contributed by atoms with van der Waals surface area (Å²) in [6.07, 6.45) is 3.35. The minimum absolute atomic E-state index is 0.167. The first kappa shape index (κ1) is 13.4. The smallest absolute Gasteiger partial charge is 0.265 e. The zero-order valence-corrected chi connectivity index (χ0v) is 13.0. The van der Waals surface area contributed by atoms with E-state index < -0.39 is 0 Å². The van der Waals surface area contributed by atoms with Gasteiger partial charge in [-0.2, -0.15) is 0 Å². The molecule has 0 radical (unpaired) electrons. The fourth-order valence-corrected chi connectivity index (χ4v) is 2.55. The van der Waals surface area contributed by atoms with Crippen LogP contribution in [0.5, 0.6) is 0 Å². The van der Waals surface area contributed by atoms with Gasteiger partial charge >= 0.3 is 0 Å². The normalized spacial score (nSPS) is 10.9. The Kier molecular flexibility index (Phi) is 3.97. The number of aromatic nitrogens is 3. The molecule has 6 heteroatoms. The van der Waals surface area contributed by atoms with Crippen molar-refractivity contribution in [2.24, 2.45) is 0 Å². The lowest BCUT2D eigenvalue weighted by atomic mass is 10.1. The van der Waals surface area contributed by atoms with Gasteiger partial charge in [0.15, 0.2) is 0 Å². The lowest BCUT2D eigenvalue weighted by molar-refractivity contribution is 0.803. The first-order chi connectivity index (χ1) is 8.49. The first-order valence-electron chi connectivity index (χ1n) is 5.39. The predicted molar refractivity (Wildman–Crippen MR) is 77.6 cm³/mol. The van der Waals surface area contributed by atoms with Crippen molar-refractivity contribution in [1.82, 2.24) is 15.0 Å². The molecular formula is C12H11Br2N3O. The molecule has 0 atom stereocenters. The van der Waals surface area contributed by atoms with Crippen LogP contribution in [-0.2, 0) is 0 Å². The van der Waals surface area contributed by atoms with E-state index in [9.17, 15) is 4.79 Å². The molecule has 0 aliphatic carbocycles. The summed E-state index contributed by atoms with van der Waals surface area (Å²) >= 11 is 6.62. The van der Waals surface area contributed by atoms with Crippen LogP contribution >= 0.6 is 31.9 Å². The van der Waals surface area contributed by atoms with Crippen LogP contribution in [0.2, 0.25) is 0 Å². The lowest BCUT2D eigenvalue weighted by Gasteiger charge is -2.09. The van der Waals surface area contributed by atoms with Crippen molar-refractivity contribution in [3.8, 4) is 11.4 Å². The van der Waals surface area contributed by atoms with Crippen LogP contribution in [0.15, 0.2) is 32.2 Å². The summed E-state index contributed by atoms with van der Waals surface area (Å²) in [5.41, 5.74) is 1.34. The maximum atomic E-state index is 11.8. The number of aromatic amines is 1. The molecule has 0 spiro atoms. The monoisotopic (exact) mass is 371 g/mol. The molecule has 0 amide bonds. The average Bonchev–Trinajstić information content (AvgIpc) is 2.32. The summed E-state index contributed by atoms with van der Waals surface area (Å²) < 4.78 is 1.33. The fourth-order valence-electron chi connectivity index (χ4n) is 1.54. The van der Waals surface area contributed by atoms with Crippen LogP contribution in [0, 0.1) is 0 Å². The Bertz CT molecular complexity index is 637. The Hall–Kier alpha value is -1.01. The molecule has 0 bridgehead atoms. The minimum Gasteiger partial charge on any atom is -0.305 e. The van der Waals surface area contributed by atoms with Gasteiger partial charge in [0.25, 0.3) is 5.56 Å². The van der Waals surface area contributed by atoms with Gasteiger partial charge in [-0.1, -0.05) is 13.8 Å². The molecule has 18 heavy (non-hydrogen) atoms. The van der Waals surface area contributed by atoms with E-state index in [4.69, 9.17) is 0 Å². The van der Waals surface area contributed by atoms with Gasteiger partial charge in [-0.05, 0) is 43.8 Å². The molecule has 1 N–H and O–H groups in total. The minimum atomic E-state index is -0.177. The number of halogens is 2. The van der Waals surface area contributed by atoms with E-state index in [0.29, 0.717) is 10.3 Å². The van der Waals surface area contributed by atoms with E-state index >= 15 is 0 Å². The van der Waals surface area contributed by atoms with Gasteiger partial charge in [-0.25, -0.2) is 4.98 Å². The van der Waals surface area contributed by atoms with Crippen molar-refractivity contribution in [3.63, 3.8) is 0 Å². The highest BCUT2D eigenvalue weighted by atomic mass is 79.9. The van der Waals surface area contributed by atoms with Crippen LogP contribution in [0.1, 0.15) is 25.5 Å². The van der Waals surface area contributed by atoms with Crippen molar-refractivity contribution in [1.29, 1.82) is 0 Å². The Balaban J connectivity index is 2.63. The summed E-state index contributed by atoms with van der Waals surface area (Å²) in [6.45, 7) is 3.99. The van der Waals surface area contributed by atoms with Crippen molar-refractivity contribution in [3.05, 3.63) is 43.5 Å². The summed E-state index contributed by atoms with van der Waals surface area (Å²) in [4.78, 5) is 23.1. The molecule has 2 aromatic heterocycles. The molecule has 0 unspecified atom stereocenters. The molecule has 94 valence electrons. The van der Waals surface area contributed by atoms with Crippen LogP contribution in [-0.4, -0.2) is 15.0 Å². The summed E-state index contributed by atoms with van der Waals surface area (Å²) in [6, 6.07) is 1.86. The summed E-state index contributed by atoms with van der Waals surface area (Å²) in [5.74, 6) is 0.696. The number of hydrogen-bond donors (Lipinski definition) is 1. The Morgan fingerprint density at radius 3 is 2.61 bits per heavy atom. The van der Waals surface area contributed by atoms with Crippen LogP contribution < -0.4 is 5.56 Å². The summed E-state index contributed by atoms with van der Waals surface area (Å²) in [5, 5.41) is 0. The molecule has 0 fully saturated rings. The first-order valence-corrected chi connectivity index (χ1v) is 6.98. The fraction of sp³-hybridized carbons (Fsp3) is 0.250. The van der Waals surface area contributed by atoms with E-state index in [1.54, 1.807) is 12.4 Å². The number of nitrogens with zero attached hydrogens (tertiary/aromatic N) is 2. The number of nitrogens with one attached hydrogen (secondary N) is 1. The molecule has 0 saturated heterocycles. The van der Waals surface area contributed by atoms with Crippen molar-refractivity contribution < 1.29 is 0 Å². The quantitative estimate of drug-likeness (QED) is 0.877. The van der Waals surface area contributed by atoms with Gasteiger partial charge in [-0.3, -0.25) is 9.78 Å². The van der Waals surface area contributed by atoms with E-state index in [1.807, 2.05) is 19.9 Å². The van der Waals surface area contributed by atoms with Crippen molar-refractivity contribution >= 4 is 31.9 Å². The number of hydrogen-bond acceptors (Lipinski definition) is 3. The van der Waals surface area contributed by atoms with Gasteiger partial charge in [0.2, 0.25) is 0 Å². The topological polar surface area (TPSA) is 58.6 Å². The molecule has 0 aromatic carbocycles. The van der Waals surface area contributed by atoms with E-state index in [0.717, 1.165) is 15.7 Å². The molecular weight excluding hydrogens is 362 g/mol. The van der Waals surface area contributed by atoms with Gasteiger partial charge in [-0.15, -0.1) is 0 Å². The van der Waals surface area contributed by atoms with E-state index in [2.05, 4.69) is 46.8 Å². The maximum Gasteiger partial charge on any atom is 0.265 e. The average molecular weight is 373 g/mol. The van der Waals surface area contributed by atoms with Gasteiger partial charge in [0.05, 0.1) is 5.69 Å². The largest absolute Gasteiger partial charge is 0.305 e. The molecule has 0 aliphatic heterocycles. The highest BCUT2D eigenvalue weighted by Crippen LogP contribution is 2.23. The van der Waals surface area contributed by atoms with Gasteiger partial charge in [0.1, 0.15) is 10.3 Å². The standard InChI is InChI=1S/C12H11Br2N3O/c1-6(2)10-9(14)12(18)17-11(16-10)7-3-8(13)5-15-4-7/h3-6H,1-2H3,(H,16,17,18). The molecule has 0 aliphatic rings. The van der Waals surface area contributed by atoms with Gasteiger partial charge < -0.3 is 4.98 Å². The predicted octanol–water partition coefficient (Wildman–Crippen LogP) is 3.48. The van der Waals surface area contributed by atoms with E-state index in [-0.39, 0.29) is 11.5 Å². The summed E-state index contributed by atoms with van der Waals surface area (Å²) in [7, 11) is 0. The molecule has 0 saturated carbocycles. The zero-order chi connectivity index (χ0) is 13.3. The van der Waals surface area contributed by atoms with E-state index in [1.165, 1.54) is 0 Å². The van der Waals surface area contributed by atoms with Crippen LogP contribution in [0.4, 0.5) is 0 Å². The van der Waals surface area contributed by atoms with Gasteiger partial charge in [0, 0.05) is 22.4 Å². The third kappa shape index (κ3) is 2.70. The van der Waals surface area contributed by atoms with Crippen LogP contribution in [0.3, 0.4) is 0 Å². The van der Waals surface area contributed by atoms with Crippen molar-refractivity contribution in [2.45, 2.75) is 19.8 Å². The molecule has 2 aromatic rings. The second kappa shape index (κ2) is 5.32. The highest BCUT2D eigenvalue weighted by Gasteiger charge is 2.13. The molecule has 4 nitrogen and oxygen atoms in total. The molecule has 2 rings (SSSR count). The Morgan fingerprint density at radius 2 is 2.00 bits per heavy atom. The molecule has 2 heterocycles. The third-order valence-corrected chi connectivity index (χ3v) is 3.61. The Labute approximate surface area is 121 Å². The lowest BCUT2D eigenvalue weighted by Crippen LogP contribution is -2.14. The number of pyridine rings is 1. The third-order valence-electron chi connectivity index (χ3n) is 2.41. The highest BCUT2D eigenvalue weighted by molar-refractivity contribution is 9.10. The second-order valence-corrected chi connectivity index (χ2v) is 5.87. The number of rotatable bonds is 2.